The highest BCUT2D eigenvalue weighted by molar-refractivity contribution is 6.03. The molecule has 2 aromatic rings. The summed E-state index contributed by atoms with van der Waals surface area (Å²) in [6.07, 6.45) is 1.43. The van der Waals surface area contributed by atoms with Crippen molar-refractivity contribution in [1.29, 1.82) is 0 Å². The molecule has 0 fully saturated rings. The molecule has 0 bridgehead atoms. The molecule has 1 aromatic carbocycles. The maximum atomic E-state index is 11.8. The Hall–Kier alpha value is -2.36. The first-order valence-electron chi connectivity index (χ1n) is 5.22. The summed E-state index contributed by atoms with van der Waals surface area (Å²) >= 11 is 0. The van der Waals surface area contributed by atoms with Crippen molar-refractivity contribution in [3.63, 3.8) is 0 Å². The summed E-state index contributed by atoms with van der Waals surface area (Å²) in [6.45, 7) is 1.76. The first-order chi connectivity index (χ1) is 8.16. The van der Waals surface area contributed by atoms with Gasteiger partial charge in [0.1, 0.15) is 5.56 Å². The van der Waals surface area contributed by atoms with E-state index in [0.717, 1.165) is 5.69 Å². The van der Waals surface area contributed by atoms with Crippen LogP contribution in [0.4, 0.5) is 5.69 Å². The number of para-hydroxylation sites is 1. The van der Waals surface area contributed by atoms with Crippen molar-refractivity contribution in [2.45, 2.75) is 6.92 Å². The number of aromatic amines is 1. The summed E-state index contributed by atoms with van der Waals surface area (Å²) in [5.41, 5.74) is 1.22. The van der Waals surface area contributed by atoms with Crippen molar-refractivity contribution in [2.24, 2.45) is 0 Å². The van der Waals surface area contributed by atoms with Gasteiger partial charge in [0.2, 0.25) is 0 Å². The molecule has 1 heterocycles. The number of pyridine rings is 1. The van der Waals surface area contributed by atoms with Gasteiger partial charge in [0.25, 0.3) is 5.91 Å². The summed E-state index contributed by atoms with van der Waals surface area (Å²) in [6, 6.07) is 10.4. The normalized spacial score (nSPS) is 9.94. The number of rotatable bonds is 2. The van der Waals surface area contributed by atoms with Crippen molar-refractivity contribution < 1.29 is 4.79 Å². The zero-order chi connectivity index (χ0) is 12.3. The maximum absolute atomic E-state index is 11.8. The third-order valence-corrected chi connectivity index (χ3v) is 2.33. The van der Waals surface area contributed by atoms with Gasteiger partial charge in [0.05, 0.1) is 0 Å². The van der Waals surface area contributed by atoms with E-state index in [0.29, 0.717) is 5.69 Å². The highest BCUT2D eigenvalue weighted by atomic mass is 16.2. The number of H-pyrrole nitrogens is 1. The third-order valence-electron chi connectivity index (χ3n) is 2.33. The number of hydrogen-bond acceptors (Lipinski definition) is 2. The number of aryl methyl sites for hydroxylation is 1. The molecule has 0 saturated carbocycles. The van der Waals surface area contributed by atoms with E-state index in [-0.39, 0.29) is 11.0 Å². The van der Waals surface area contributed by atoms with Gasteiger partial charge < -0.3 is 10.3 Å². The highest BCUT2D eigenvalue weighted by Crippen LogP contribution is 2.06. The summed E-state index contributed by atoms with van der Waals surface area (Å²) in [4.78, 5) is 26.3. The van der Waals surface area contributed by atoms with Crippen LogP contribution in [0.25, 0.3) is 0 Å². The van der Waals surface area contributed by atoms with Crippen LogP contribution in [-0.2, 0) is 0 Å². The first-order valence-corrected chi connectivity index (χ1v) is 5.22. The average molecular weight is 228 g/mol. The fraction of sp³-hybridized carbons (Fsp3) is 0.0769. The number of hydrogen-bond donors (Lipinski definition) is 2. The minimum atomic E-state index is -0.405. The van der Waals surface area contributed by atoms with Crippen LogP contribution in [0, 0.1) is 6.92 Å². The Kier molecular flexibility index (Phi) is 3.05. The lowest BCUT2D eigenvalue weighted by atomic mass is 10.2. The van der Waals surface area contributed by atoms with E-state index < -0.39 is 5.91 Å². The molecular weight excluding hydrogens is 216 g/mol. The van der Waals surface area contributed by atoms with Gasteiger partial charge in [-0.3, -0.25) is 9.59 Å². The summed E-state index contributed by atoms with van der Waals surface area (Å²) in [5.74, 6) is -0.405. The molecule has 0 aliphatic rings. The molecule has 17 heavy (non-hydrogen) atoms. The monoisotopic (exact) mass is 228 g/mol. The van der Waals surface area contributed by atoms with Crippen molar-refractivity contribution >= 4 is 11.6 Å². The highest BCUT2D eigenvalue weighted by Gasteiger charge is 2.09. The first kappa shape index (κ1) is 11.1. The van der Waals surface area contributed by atoms with Gasteiger partial charge in [-0.05, 0) is 19.1 Å². The van der Waals surface area contributed by atoms with Crippen molar-refractivity contribution in [1.82, 2.24) is 4.98 Å². The number of carbonyl (C=O) groups is 1. The molecule has 0 radical (unpaired) electrons. The van der Waals surface area contributed by atoms with Crippen molar-refractivity contribution in [3.05, 3.63) is 64.1 Å². The van der Waals surface area contributed by atoms with E-state index in [1.807, 2.05) is 18.2 Å². The molecule has 2 rings (SSSR count). The van der Waals surface area contributed by atoms with Gasteiger partial charge in [0.15, 0.2) is 5.43 Å². The molecule has 4 nitrogen and oxygen atoms in total. The molecule has 0 atom stereocenters. The number of aromatic nitrogens is 1. The van der Waals surface area contributed by atoms with Gasteiger partial charge in [-0.15, -0.1) is 0 Å². The Morgan fingerprint density at radius 1 is 1.24 bits per heavy atom. The third kappa shape index (κ3) is 2.60. The summed E-state index contributed by atoms with van der Waals surface area (Å²) in [5, 5.41) is 2.66. The van der Waals surface area contributed by atoms with Gasteiger partial charge in [0, 0.05) is 23.6 Å². The largest absolute Gasteiger partial charge is 0.364 e. The number of nitrogens with one attached hydrogen (secondary N) is 2. The standard InChI is InChI=1S/C13H12N2O2/c1-9-7-12(16)11(8-14-9)13(17)15-10-5-3-2-4-6-10/h2-8H,1H3,(H,14,16)(H,15,17). The average Bonchev–Trinajstić information content (AvgIpc) is 2.30. The summed E-state index contributed by atoms with van der Waals surface area (Å²) < 4.78 is 0. The zero-order valence-corrected chi connectivity index (χ0v) is 9.36. The lowest BCUT2D eigenvalue weighted by Crippen LogP contribution is -2.21. The van der Waals surface area contributed by atoms with Gasteiger partial charge in [-0.25, -0.2) is 0 Å². The Morgan fingerprint density at radius 3 is 2.59 bits per heavy atom. The fourth-order valence-electron chi connectivity index (χ4n) is 1.47. The van der Waals surface area contributed by atoms with E-state index in [2.05, 4.69) is 10.3 Å². The Morgan fingerprint density at radius 2 is 1.94 bits per heavy atom. The van der Waals surface area contributed by atoms with Gasteiger partial charge in [-0.1, -0.05) is 18.2 Å². The lowest BCUT2D eigenvalue weighted by Gasteiger charge is -2.04. The Bertz CT molecular complexity index is 588. The van der Waals surface area contributed by atoms with Crippen LogP contribution in [-0.4, -0.2) is 10.9 Å². The second kappa shape index (κ2) is 4.65. The second-order valence-electron chi connectivity index (χ2n) is 3.71. The molecule has 0 aliphatic heterocycles. The molecule has 86 valence electrons. The topological polar surface area (TPSA) is 62.0 Å². The zero-order valence-electron chi connectivity index (χ0n) is 9.36. The Balaban J connectivity index is 2.24. The van der Waals surface area contributed by atoms with Gasteiger partial charge >= 0.3 is 0 Å². The molecule has 2 N–H and O–H groups in total. The van der Waals surface area contributed by atoms with Crippen LogP contribution < -0.4 is 10.7 Å². The second-order valence-corrected chi connectivity index (χ2v) is 3.71. The fourth-order valence-corrected chi connectivity index (χ4v) is 1.47. The van der Waals surface area contributed by atoms with E-state index in [9.17, 15) is 9.59 Å². The molecule has 1 amide bonds. The van der Waals surface area contributed by atoms with Crippen molar-refractivity contribution in [3.8, 4) is 0 Å². The number of anilines is 1. The van der Waals surface area contributed by atoms with Crippen LogP contribution in [0.5, 0.6) is 0 Å². The van der Waals surface area contributed by atoms with Crippen molar-refractivity contribution in [2.75, 3.05) is 5.32 Å². The van der Waals surface area contributed by atoms with E-state index in [1.54, 1.807) is 19.1 Å². The minimum Gasteiger partial charge on any atom is -0.364 e. The van der Waals surface area contributed by atoms with E-state index in [4.69, 9.17) is 0 Å². The Labute approximate surface area is 98.3 Å². The van der Waals surface area contributed by atoms with Crippen LogP contribution in [0.15, 0.2) is 47.4 Å². The predicted molar refractivity (Wildman–Crippen MR) is 66.2 cm³/mol. The molecule has 4 heteroatoms. The smallest absolute Gasteiger partial charge is 0.261 e. The van der Waals surface area contributed by atoms with Crippen LogP contribution in [0.2, 0.25) is 0 Å². The quantitative estimate of drug-likeness (QED) is 0.825. The molecule has 0 saturated heterocycles. The molecule has 1 aromatic heterocycles. The molecule has 0 aliphatic carbocycles. The SMILES string of the molecule is Cc1cc(=O)c(C(=O)Nc2ccccc2)c[nH]1. The van der Waals surface area contributed by atoms with Crippen LogP contribution in [0.3, 0.4) is 0 Å². The van der Waals surface area contributed by atoms with Crippen LogP contribution in [0.1, 0.15) is 16.1 Å². The molecule has 0 unspecified atom stereocenters. The van der Waals surface area contributed by atoms with Gasteiger partial charge in [-0.2, -0.15) is 0 Å². The van der Waals surface area contributed by atoms with E-state index in [1.165, 1.54) is 12.3 Å². The van der Waals surface area contributed by atoms with Crippen LogP contribution >= 0.6 is 0 Å². The summed E-state index contributed by atoms with van der Waals surface area (Å²) in [7, 11) is 0. The predicted octanol–water partition coefficient (Wildman–Crippen LogP) is 1.94. The molecule has 0 spiro atoms. The number of carbonyl (C=O) groups excluding carboxylic acids is 1. The van der Waals surface area contributed by atoms with E-state index >= 15 is 0 Å². The lowest BCUT2D eigenvalue weighted by molar-refractivity contribution is 0.102. The number of amides is 1. The minimum absolute atomic E-state index is 0.111. The molecular formula is C13H12N2O2. The maximum Gasteiger partial charge on any atom is 0.261 e. The number of benzene rings is 1.